The smallest absolute Gasteiger partial charge is 0.272 e. The zero-order chi connectivity index (χ0) is 17.7. The van der Waals surface area contributed by atoms with Crippen LogP contribution in [0.1, 0.15) is 21.5 Å². The lowest BCUT2D eigenvalue weighted by atomic mass is 10.1. The summed E-state index contributed by atoms with van der Waals surface area (Å²) >= 11 is 3.09. The van der Waals surface area contributed by atoms with E-state index in [9.17, 15) is 14.9 Å². The molecule has 0 aliphatic carbocycles. The van der Waals surface area contributed by atoms with Crippen LogP contribution in [-0.4, -0.2) is 30.4 Å². The van der Waals surface area contributed by atoms with Crippen molar-refractivity contribution in [2.45, 2.75) is 11.1 Å². The standard InChI is InChI=1S/C15H15N3O4S2/c1-9-6-10(4-5-12(9)18(20)21)14(19)17-16-8-11-7-13(23-3)24-15(11)22-2/h4-8H,1-3H3,(H,17,19)/b16-8-. The van der Waals surface area contributed by atoms with Gasteiger partial charge in [0.2, 0.25) is 0 Å². The summed E-state index contributed by atoms with van der Waals surface area (Å²) in [5, 5.41) is 15.4. The average Bonchev–Trinajstić information content (AvgIpc) is 2.96. The zero-order valence-electron chi connectivity index (χ0n) is 13.2. The van der Waals surface area contributed by atoms with Crippen molar-refractivity contribution in [1.82, 2.24) is 5.43 Å². The van der Waals surface area contributed by atoms with Crippen molar-refractivity contribution in [3.8, 4) is 5.06 Å². The Bertz CT molecular complexity index is 802. The fourth-order valence-corrected chi connectivity index (χ4v) is 3.43. The molecule has 0 bridgehead atoms. The maximum atomic E-state index is 12.1. The van der Waals surface area contributed by atoms with E-state index in [1.807, 2.05) is 12.3 Å². The Kier molecular flexibility index (Phi) is 5.93. The first-order valence-electron chi connectivity index (χ1n) is 6.76. The Morgan fingerprint density at radius 3 is 2.79 bits per heavy atom. The summed E-state index contributed by atoms with van der Waals surface area (Å²) in [6, 6.07) is 6.08. The van der Waals surface area contributed by atoms with Crippen molar-refractivity contribution in [3.05, 3.63) is 51.1 Å². The molecule has 7 nitrogen and oxygen atoms in total. The highest BCUT2D eigenvalue weighted by Crippen LogP contribution is 2.34. The monoisotopic (exact) mass is 365 g/mol. The molecule has 0 aliphatic heterocycles. The van der Waals surface area contributed by atoms with E-state index >= 15 is 0 Å². The molecule has 1 aromatic carbocycles. The van der Waals surface area contributed by atoms with Crippen LogP contribution in [0.25, 0.3) is 0 Å². The van der Waals surface area contributed by atoms with E-state index in [0.29, 0.717) is 16.2 Å². The number of nitrogens with zero attached hydrogens (tertiary/aromatic N) is 2. The van der Waals surface area contributed by atoms with Crippen LogP contribution < -0.4 is 10.2 Å². The van der Waals surface area contributed by atoms with Gasteiger partial charge in [0.1, 0.15) is 0 Å². The van der Waals surface area contributed by atoms with Crippen LogP contribution in [-0.2, 0) is 0 Å². The number of methoxy groups -OCH3 is 1. The number of benzene rings is 1. The molecular formula is C15H15N3O4S2. The second-order valence-corrected chi connectivity index (χ2v) is 6.80. The third-order valence-corrected chi connectivity index (χ3v) is 5.29. The summed E-state index contributed by atoms with van der Waals surface area (Å²) in [6.45, 7) is 1.58. The number of ether oxygens (including phenoxy) is 1. The number of nitrogens with one attached hydrogen (secondary N) is 1. The molecule has 1 N–H and O–H groups in total. The number of carbonyl (C=O) groups is 1. The van der Waals surface area contributed by atoms with E-state index in [-0.39, 0.29) is 5.69 Å². The second-order valence-electron chi connectivity index (χ2n) is 4.67. The number of nitro groups is 1. The summed E-state index contributed by atoms with van der Waals surface area (Å²) < 4.78 is 6.33. The largest absolute Gasteiger partial charge is 0.487 e. The van der Waals surface area contributed by atoms with Gasteiger partial charge in [0.05, 0.1) is 22.5 Å². The summed E-state index contributed by atoms with van der Waals surface area (Å²) in [6.07, 6.45) is 3.47. The van der Waals surface area contributed by atoms with Crippen LogP contribution in [0, 0.1) is 17.0 Å². The first-order valence-corrected chi connectivity index (χ1v) is 8.80. The number of thioether (sulfide) groups is 1. The fourth-order valence-electron chi connectivity index (χ4n) is 1.94. The van der Waals surface area contributed by atoms with Gasteiger partial charge in [-0.15, -0.1) is 11.8 Å². The lowest BCUT2D eigenvalue weighted by molar-refractivity contribution is -0.385. The average molecular weight is 365 g/mol. The molecule has 126 valence electrons. The van der Waals surface area contributed by atoms with Crippen molar-refractivity contribution in [2.24, 2.45) is 5.10 Å². The summed E-state index contributed by atoms with van der Waals surface area (Å²) in [4.78, 5) is 22.4. The van der Waals surface area contributed by atoms with Crippen molar-refractivity contribution in [2.75, 3.05) is 13.4 Å². The molecule has 2 aromatic rings. The van der Waals surface area contributed by atoms with Gasteiger partial charge in [-0.1, -0.05) is 11.3 Å². The topological polar surface area (TPSA) is 93.8 Å². The minimum atomic E-state index is -0.485. The van der Waals surface area contributed by atoms with Crippen LogP contribution in [0.4, 0.5) is 5.69 Å². The number of hydrogen-bond acceptors (Lipinski definition) is 7. The summed E-state index contributed by atoms with van der Waals surface area (Å²) in [7, 11) is 1.57. The molecule has 1 heterocycles. The number of nitro benzene ring substituents is 1. The Morgan fingerprint density at radius 2 is 2.21 bits per heavy atom. The third-order valence-electron chi connectivity index (χ3n) is 3.11. The molecule has 0 radical (unpaired) electrons. The maximum absolute atomic E-state index is 12.1. The van der Waals surface area contributed by atoms with E-state index in [4.69, 9.17) is 4.74 Å². The van der Waals surface area contributed by atoms with Gasteiger partial charge < -0.3 is 4.74 Å². The molecule has 1 aromatic heterocycles. The Balaban J connectivity index is 2.09. The highest BCUT2D eigenvalue weighted by molar-refractivity contribution is 8.00. The molecule has 24 heavy (non-hydrogen) atoms. The van der Waals surface area contributed by atoms with E-state index < -0.39 is 10.8 Å². The van der Waals surface area contributed by atoms with Gasteiger partial charge >= 0.3 is 0 Å². The molecule has 1 amide bonds. The highest BCUT2D eigenvalue weighted by atomic mass is 32.2. The molecule has 0 fully saturated rings. The van der Waals surface area contributed by atoms with E-state index in [1.165, 1.54) is 35.8 Å². The molecule has 0 atom stereocenters. The minimum Gasteiger partial charge on any atom is -0.487 e. The normalized spacial score (nSPS) is 10.8. The molecule has 0 saturated carbocycles. The van der Waals surface area contributed by atoms with Gasteiger partial charge in [0, 0.05) is 22.8 Å². The Morgan fingerprint density at radius 1 is 1.46 bits per heavy atom. The van der Waals surface area contributed by atoms with Gasteiger partial charge in [-0.3, -0.25) is 14.9 Å². The van der Waals surface area contributed by atoms with Gasteiger partial charge in [0.25, 0.3) is 11.6 Å². The van der Waals surface area contributed by atoms with Crippen LogP contribution >= 0.6 is 23.1 Å². The number of thiophene rings is 1. The van der Waals surface area contributed by atoms with E-state index in [0.717, 1.165) is 9.77 Å². The molecule has 0 unspecified atom stereocenters. The highest BCUT2D eigenvalue weighted by Gasteiger charge is 2.13. The molecule has 0 saturated heterocycles. The quantitative estimate of drug-likeness (QED) is 0.366. The van der Waals surface area contributed by atoms with Gasteiger partial charge in [0.15, 0.2) is 5.06 Å². The predicted octanol–water partition coefficient (Wildman–Crippen LogP) is 3.46. The molecular weight excluding hydrogens is 350 g/mol. The lowest BCUT2D eigenvalue weighted by Gasteiger charge is -2.02. The minimum absolute atomic E-state index is 0.0253. The van der Waals surface area contributed by atoms with Crippen LogP contribution in [0.2, 0.25) is 0 Å². The molecule has 2 rings (SSSR count). The van der Waals surface area contributed by atoms with Crippen molar-refractivity contribution < 1.29 is 14.5 Å². The summed E-state index contributed by atoms with van der Waals surface area (Å²) in [5.41, 5.74) is 3.87. The fraction of sp³-hybridized carbons (Fsp3) is 0.200. The molecule has 0 spiro atoms. The Labute approximate surface area is 146 Å². The zero-order valence-corrected chi connectivity index (χ0v) is 14.9. The first kappa shape index (κ1) is 18.0. The van der Waals surface area contributed by atoms with Gasteiger partial charge in [-0.05, 0) is 31.4 Å². The van der Waals surface area contributed by atoms with Gasteiger partial charge in [-0.25, -0.2) is 5.43 Å². The SMILES string of the molecule is COc1sc(SC)cc1/C=N\NC(=O)c1ccc([N+](=O)[O-])c(C)c1. The van der Waals surface area contributed by atoms with Crippen molar-refractivity contribution >= 4 is 40.9 Å². The van der Waals surface area contributed by atoms with Crippen molar-refractivity contribution in [1.29, 1.82) is 0 Å². The maximum Gasteiger partial charge on any atom is 0.272 e. The number of amides is 1. The van der Waals surface area contributed by atoms with Crippen LogP contribution in [0.3, 0.4) is 0 Å². The number of hydrogen-bond donors (Lipinski definition) is 1. The molecule has 0 aliphatic rings. The summed E-state index contributed by atoms with van der Waals surface area (Å²) in [5.74, 6) is -0.441. The number of rotatable bonds is 6. The van der Waals surface area contributed by atoms with Gasteiger partial charge in [-0.2, -0.15) is 5.10 Å². The predicted molar refractivity (Wildman–Crippen MR) is 95.5 cm³/mol. The van der Waals surface area contributed by atoms with E-state index in [1.54, 1.807) is 25.8 Å². The van der Waals surface area contributed by atoms with E-state index in [2.05, 4.69) is 10.5 Å². The first-order chi connectivity index (χ1) is 11.5. The number of aryl methyl sites for hydroxylation is 1. The number of carbonyl (C=O) groups excluding carboxylic acids is 1. The van der Waals surface area contributed by atoms with Crippen molar-refractivity contribution in [3.63, 3.8) is 0 Å². The molecule has 9 heteroatoms. The van der Waals surface area contributed by atoms with Crippen LogP contribution in [0.15, 0.2) is 33.6 Å². The third kappa shape index (κ3) is 4.12. The lowest BCUT2D eigenvalue weighted by Crippen LogP contribution is -2.17. The van der Waals surface area contributed by atoms with Crippen LogP contribution in [0.5, 0.6) is 5.06 Å². The number of hydrazone groups is 1. The second kappa shape index (κ2) is 7.93. The Hall–Kier alpha value is -2.39.